The second-order valence-corrected chi connectivity index (χ2v) is 6.76. The number of aliphatic imine (C=N–C) groups is 1. The highest BCUT2D eigenvalue weighted by Crippen LogP contribution is 2.02. The summed E-state index contributed by atoms with van der Waals surface area (Å²) >= 11 is 0. The summed E-state index contributed by atoms with van der Waals surface area (Å²) in [7, 11) is 0. The molecule has 14 heteroatoms. The number of carbonyl (C=O) groups is 4. The number of unbranched alkanes of at least 4 members (excludes halogenated alkanes) is 1. The predicted octanol–water partition coefficient (Wildman–Crippen LogP) is -4.34. The largest absolute Gasteiger partial charge is 0.480 e. The van der Waals surface area contributed by atoms with Gasteiger partial charge in [-0.05, 0) is 32.2 Å². The third-order valence-corrected chi connectivity index (χ3v) is 4.11. The molecule has 0 saturated carbocycles. The number of guanidine groups is 1. The first-order valence-electron chi connectivity index (χ1n) is 9.84. The predicted molar refractivity (Wildman–Crippen MR) is 112 cm³/mol. The van der Waals surface area contributed by atoms with Crippen LogP contribution in [0.2, 0.25) is 0 Å². The zero-order valence-corrected chi connectivity index (χ0v) is 17.4. The van der Waals surface area contributed by atoms with Crippen molar-refractivity contribution in [3.8, 4) is 0 Å². The van der Waals surface area contributed by atoms with Crippen molar-refractivity contribution in [2.45, 2.75) is 50.2 Å². The lowest BCUT2D eigenvalue weighted by Gasteiger charge is -2.23. The third kappa shape index (κ3) is 13.0. The minimum absolute atomic E-state index is 0.0820. The summed E-state index contributed by atoms with van der Waals surface area (Å²) in [5, 5.41) is 25.1. The lowest BCUT2D eigenvalue weighted by atomic mass is 10.1. The average molecular weight is 447 g/mol. The molecular weight excluding hydrogens is 412 g/mol. The van der Waals surface area contributed by atoms with Crippen LogP contribution >= 0.6 is 0 Å². The number of carboxylic acid groups (broad SMARTS) is 1. The Balaban J connectivity index is 4.98. The van der Waals surface area contributed by atoms with E-state index in [1.54, 1.807) is 0 Å². The maximum Gasteiger partial charge on any atom is 0.322 e. The van der Waals surface area contributed by atoms with Crippen LogP contribution in [0.25, 0.3) is 0 Å². The fourth-order valence-corrected chi connectivity index (χ4v) is 2.44. The zero-order chi connectivity index (χ0) is 23.8. The number of nitrogens with two attached hydrogens (primary N) is 4. The minimum atomic E-state index is -1.35. The summed E-state index contributed by atoms with van der Waals surface area (Å²) in [5.74, 6) is -3.61. The highest BCUT2D eigenvalue weighted by atomic mass is 16.4. The Kier molecular flexibility index (Phi) is 14.3. The molecule has 3 atom stereocenters. The van der Waals surface area contributed by atoms with Gasteiger partial charge in [-0.3, -0.25) is 24.2 Å². The average Bonchev–Trinajstić information content (AvgIpc) is 2.71. The first kappa shape index (κ1) is 28.0. The van der Waals surface area contributed by atoms with Crippen molar-refractivity contribution in [1.29, 1.82) is 0 Å². The van der Waals surface area contributed by atoms with Gasteiger partial charge in [0.15, 0.2) is 5.96 Å². The van der Waals surface area contributed by atoms with E-state index >= 15 is 0 Å². The molecule has 13 N–H and O–H groups in total. The Labute approximate surface area is 180 Å². The van der Waals surface area contributed by atoms with E-state index in [4.69, 9.17) is 28.0 Å². The molecule has 0 bridgehead atoms. The van der Waals surface area contributed by atoms with E-state index < -0.39 is 55.0 Å². The number of rotatable bonds is 16. The van der Waals surface area contributed by atoms with Gasteiger partial charge in [-0.2, -0.15) is 0 Å². The highest BCUT2D eigenvalue weighted by molar-refractivity contribution is 5.93. The van der Waals surface area contributed by atoms with Crippen molar-refractivity contribution in [2.24, 2.45) is 27.9 Å². The van der Waals surface area contributed by atoms with Crippen LogP contribution < -0.4 is 38.9 Å². The molecule has 0 radical (unpaired) electrons. The molecule has 0 aromatic rings. The molecular formula is C17H34N8O6. The number of amides is 3. The monoisotopic (exact) mass is 446 g/mol. The number of aliphatic hydroxyl groups excluding tert-OH is 1. The molecule has 0 aromatic heterocycles. The second kappa shape index (κ2) is 15.8. The molecule has 0 heterocycles. The SMILES string of the molecule is NCCCCC(N)C(=O)NC(CO)C(=O)NC(CCCN=C(N)N)C(=O)NCC(=O)O. The summed E-state index contributed by atoms with van der Waals surface area (Å²) in [6.07, 6.45) is 2.05. The smallest absolute Gasteiger partial charge is 0.322 e. The van der Waals surface area contributed by atoms with Gasteiger partial charge in [-0.25, -0.2) is 0 Å². The zero-order valence-electron chi connectivity index (χ0n) is 17.4. The first-order chi connectivity index (χ1) is 14.6. The van der Waals surface area contributed by atoms with Crippen LogP contribution in [0.3, 0.4) is 0 Å². The highest BCUT2D eigenvalue weighted by Gasteiger charge is 2.27. The van der Waals surface area contributed by atoms with Crippen LogP contribution in [0.4, 0.5) is 0 Å². The molecule has 3 unspecified atom stereocenters. The first-order valence-corrected chi connectivity index (χ1v) is 9.84. The molecule has 3 amide bonds. The molecule has 0 spiro atoms. The number of carbonyl (C=O) groups excluding carboxylic acids is 3. The molecule has 0 aromatic carbocycles. The Bertz CT molecular complexity index is 626. The van der Waals surface area contributed by atoms with Crippen molar-refractivity contribution >= 4 is 29.7 Å². The van der Waals surface area contributed by atoms with Gasteiger partial charge in [0.2, 0.25) is 17.7 Å². The lowest BCUT2D eigenvalue weighted by molar-refractivity contribution is -0.138. The van der Waals surface area contributed by atoms with Gasteiger partial charge in [-0.1, -0.05) is 6.42 Å². The normalized spacial score (nSPS) is 13.4. The van der Waals surface area contributed by atoms with Gasteiger partial charge >= 0.3 is 5.97 Å². The number of aliphatic hydroxyl groups is 1. The van der Waals surface area contributed by atoms with Gasteiger partial charge in [0.1, 0.15) is 18.6 Å². The van der Waals surface area contributed by atoms with Crippen LogP contribution in [0.15, 0.2) is 4.99 Å². The van der Waals surface area contributed by atoms with Crippen LogP contribution in [-0.4, -0.2) is 84.2 Å². The minimum Gasteiger partial charge on any atom is -0.480 e. The Morgan fingerprint density at radius 1 is 0.903 bits per heavy atom. The summed E-state index contributed by atoms with van der Waals surface area (Å²) < 4.78 is 0. The Morgan fingerprint density at radius 3 is 2.10 bits per heavy atom. The maximum absolute atomic E-state index is 12.5. The number of carboxylic acids is 1. The molecule has 0 aliphatic heterocycles. The van der Waals surface area contributed by atoms with E-state index in [-0.39, 0.29) is 18.9 Å². The molecule has 31 heavy (non-hydrogen) atoms. The molecule has 0 aliphatic rings. The fraction of sp³-hybridized carbons (Fsp3) is 0.706. The van der Waals surface area contributed by atoms with Crippen molar-refractivity contribution in [2.75, 3.05) is 26.2 Å². The van der Waals surface area contributed by atoms with E-state index in [1.165, 1.54) is 0 Å². The van der Waals surface area contributed by atoms with Crippen molar-refractivity contribution < 1.29 is 29.4 Å². The number of hydrogen-bond acceptors (Lipinski definition) is 8. The van der Waals surface area contributed by atoms with E-state index in [0.717, 1.165) is 0 Å². The Morgan fingerprint density at radius 2 is 1.55 bits per heavy atom. The van der Waals surface area contributed by atoms with Gasteiger partial charge in [0, 0.05) is 6.54 Å². The third-order valence-electron chi connectivity index (χ3n) is 4.11. The maximum atomic E-state index is 12.5. The van der Waals surface area contributed by atoms with Crippen LogP contribution in [0.1, 0.15) is 32.1 Å². The standard InChI is InChI=1S/C17H34N8O6/c18-6-2-1-4-10(19)14(29)25-12(9-26)16(31)24-11(5-3-7-22-17(20)21)15(30)23-8-13(27)28/h10-12,26H,1-9,18-19H2,(H,23,30)(H,24,31)(H,25,29)(H,27,28)(H4,20,21,22). The van der Waals surface area contributed by atoms with Gasteiger partial charge < -0.3 is 49.1 Å². The van der Waals surface area contributed by atoms with E-state index in [9.17, 15) is 24.3 Å². The summed E-state index contributed by atoms with van der Waals surface area (Å²) in [6, 6.07) is -3.37. The number of nitrogens with zero attached hydrogens (tertiary/aromatic N) is 1. The number of aliphatic carboxylic acids is 1. The summed E-state index contributed by atoms with van der Waals surface area (Å²) in [6.45, 7) is -0.731. The topological polar surface area (TPSA) is 261 Å². The number of nitrogens with one attached hydrogen (secondary N) is 3. The fourth-order valence-electron chi connectivity index (χ4n) is 2.44. The van der Waals surface area contributed by atoms with Crippen molar-refractivity contribution in [3.63, 3.8) is 0 Å². The van der Waals surface area contributed by atoms with Crippen LogP contribution in [-0.2, 0) is 19.2 Å². The second-order valence-electron chi connectivity index (χ2n) is 6.76. The van der Waals surface area contributed by atoms with Gasteiger partial charge in [0.05, 0.1) is 12.6 Å². The van der Waals surface area contributed by atoms with E-state index in [2.05, 4.69) is 20.9 Å². The van der Waals surface area contributed by atoms with Crippen LogP contribution in [0.5, 0.6) is 0 Å². The van der Waals surface area contributed by atoms with Crippen molar-refractivity contribution in [1.82, 2.24) is 16.0 Å². The molecule has 0 rings (SSSR count). The number of hydrogen-bond donors (Lipinski definition) is 9. The van der Waals surface area contributed by atoms with E-state index in [0.29, 0.717) is 32.2 Å². The van der Waals surface area contributed by atoms with E-state index in [1.807, 2.05) is 0 Å². The van der Waals surface area contributed by atoms with Gasteiger partial charge in [0.25, 0.3) is 0 Å². The molecule has 0 saturated heterocycles. The van der Waals surface area contributed by atoms with Crippen LogP contribution in [0, 0.1) is 0 Å². The Hall–Kier alpha value is -2.97. The molecule has 178 valence electrons. The van der Waals surface area contributed by atoms with Gasteiger partial charge in [-0.15, -0.1) is 0 Å². The lowest BCUT2D eigenvalue weighted by Crippen LogP contribution is -2.57. The quantitative estimate of drug-likeness (QED) is 0.0624. The molecule has 0 aliphatic carbocycles. The molecule has 0 fully saturated rings. The summed E-state index contributed by atoms with van der Waals surface area (Å²) in [4.78, 5) is 51.3. The van der Waals surface area contributed by atoms with Crippen molar-refractivity contribution in [3.05, 3.63) is 0 Å². The molecule has 14 nitrogen and oxygen atoms in total. The summed E-state index contributed by atoms with van der Waals surface area (Å²) in [5.41, 5.74) is 21.6.